The normalized spacial score (nSPS) is 15.9. The second-order valence-electron chi connectivity index (χ2n) is 10.8. The minimum Gasteiger partial charge on any atom is -0.494 e. The van der Waals surface area contributed by atoms with Crippen LogP contribution >= 0.6 is 7.82 Å². The van der Waals surface area contributed by atoms with Gasteiger partial charge in [-0.2, -0.15) is 0 Å². The molecule has 0 saturated carbocycles. The van der Waals surface area contributed by atoms with Crippen LogP contribution in [0, 0.1) is 0 Å². The molecule has 0 aromatic heterocycles. The summed E-state index contributed by atoms with van der Waals surface area (Å²) in [7, 11) is 0.392. The molecule has 0 aliphatic heterocycles. The monoisotopic (exact) mass is 518 g/mol. The van der Waals surface area contributed by atoms with Crippen molar-refractivity contribution in [3.8, 4) is 5.75 Å². The minimum atomic E-state index is -4.49. The van der Waals surface area contributed by atoms with E-state index in [2.05, 4.69) is 32.9 Å². The summed E-state index contributed by atoms with van der Waals surface area (Å²) in [6.45, 7) is 7.23. The summed E-state index contributed by atoms with van der Waals surface area (Å²) in [6, 6.07) is 8.23. The molecule has 0 bridgehead atoms. The summed E-state index contributed by atoms with van der Waals surface area (Å²) in [5, 5.41) is 19.3. The number of phosphoric acid groups is 1. The second kappa shape index (κ2) is 14.3. The number of hydrogen-bond donors (Lipinski definition) is 3. The minimum absolute atomic E-state index is 0.0156. The number of aliphatic hydroxyl groups is 1. The third-order valence-corrected chi connectivity index (χ3v) is 6.60. The first kappa shape index (κ1) is 31.5. The first-order valence-electron chi connectivity index (χ1n) is 12.2. The quantitative estimate of drug-likeness (QED) is 0.117. The number of ether oxygens (including phenoxy) is 1. The maximum atomic E-state index is 12.2. The Labute approximate surface area is 210 Å². The number of rotatable bonds is 17. The Hall–Kier alpha value is -1.48. The van der Waals surface area contributed by atoms with Gasteiger partial charge in [0.1, 0.15) is 5.75 Å². The van der Waals surface area contributed by atoms with Crippen molar-refractivity contribution < 1.29 is 42.7 Å². The van der Waals surface area contributed by atoms with Crippen LogP contribution in [0.4, 0.5) is 0 Å². The molecule has 0 amide bonds. The molecule has 0 saturated heterocycles. The van der Waals surface area contributed by atoms with Crippen LogP contribution in [0.25, 0.3) is 0 Å². The highest BCUT2D eigenvalue weighted by atomic mass is 31.2. The highest BCUT2D eigenvalue weighted by molar-refractivity contribution is 7.47. The molecule has 9 nitrogen and oxygen atoms in total. The van der Waals surface area contributed by atoms with Crippen molar-refractivity contribution in [1.29, 1.82) is 0 Å². The van der Waals surface area contributed by atoms with Crippen LogP contribution in [0.3, 0.4) is 0 Å². The lowest BCUT2D eigenvalue weighted by atomic mass is 9.87. The van der Waals surface area contributed by atoms with E-state index in [0.29, 0.717) is 13.0 Å². The molecule has 2 unspecified atom stereocenters. The summed E-state index contributed by atoms with van der Waals surface area (Å²) < 4.78 is 27.9. The number of aliphatic hydroxyl groups excluding tert-OH is 1. The molecule has 0 aliphatic carbocycles. The van der Waals surface area contributed by atoms with Gasteiger partial charge in [0, 0.05) is 0 Å². The van der Waals surface area contributed by atoms with Crippen molar-refractivity contribution >= 4 is 13.8 Å². The summed E-state index contributed by atoms with van der Waals surface area (Å²) in [5.74, 6) is -0.364. The van der Waals surface area contributed by atoms with E-state index >= 15 is 0 Å². The summed E-state index contributed by atoms with van der Waals surface area (Å²) >= 11 is 0. The number of unbranched alkanes of at least 4 members (excludes halogenated alkanes) is 5. The van der Waals surface area contributed by atoms with Crippen LogP contribution in [0.15, 0.2) is 24.3 Å². The molecule has 0 aliphatic rings. The average molecular weight is 519 g/mol. The molecule has 202 valence electrons. The van der Waals surface area contributed by atoms with E-state index in [1.54, 1.807) is 21.1 Å². The van der Waals surface area contributed by atoms with Crippen LogP contribution < -0.4 is 4.74 Å². The van der Waals surface area contributed by atoms with Crippen molar-refractivity contribution in [1.82, 2.24) is 0 Å². The van der Waals surface area contributed by atoms with Crippen molar-refractivity contribution in [2.75, 3.05) is 34.4 Å². The SMILES string of the molecule is CC(C)(C)c1ccc(OCCCCCCCCOP(=O)(O)O[C@H](CC(=O)O)C(O)[N+](C)(C)C)cc1. The van der Waals surface area contributed by atoms with E-state index < -0.39 is 32.5 Å². The fraction of sp³-hybridized carbons (Fsp3) is 0.720. The molecule has 1 aromatic carbocycles. The highest BCUT2D eigenvalue weighted by Gasteiger charge is 2.39. The number of hydrogen-bond acceptors (Lipinski definition) is 6. The Morgan fingerprint density at radius 3 is 1.97 bits per heavy atom. The smallest absolute Gasteiger partial charge is 0.472 e. The van der Waals surface area contributed by atoms with Crippen molar-refractivity contribution in [2.45, 2.75) is 83.5 Å². The number of aliphatic carboxylic acids is 1. The van der Waals surface area contributed by atoms with Crippen LogP contribution in [0.5, 0.6) is 5.75 Å². The van der Waals surface area contributed by atoms with Gasteiger partial charge in [-0.05, 0) is 36.0 Å². The first-order valence-corrected chi connectivity index (χ1v) is 13.7. The van der Waals surface area contributed by atoms with Crippen molar-refractivity contribution in [2.24, 2.45) is 0 Å². The number of benzene rings is 1. The van der Waals surface area contributed by atoms with Gasteiger partial charge in [-0.15, -0.1) is 0 Å². The first-order chi connectivity index (χ1) is 16.1. The summed E-state index contributed by atoms with van der Waals surface area (Å²) in [4.78, 5) is 21.0. The average Bonchev–Trinajstić information content (AvgIpc) is 2.72. The Balaban J connectivity index is 2.20. The third-order valence-electron chi connectivity index (χ3n) is 5.55. The zero-order valence-corrected chi connectivity index (χ0v) is 23.0. The number of carboxylic acid groups (broad SMARTS) is 1. The van der Waals surface area contributed by atoms with E-state index in [9.17, 15) is 19.4 Å². The molecule has 1 rings (SSSR count). The lowest BCUT2D eigenvalue weighted by molar-refractivity contribution is -0.922. The van der Waals surface area contributed by atoms with Crippen molar-refractivity contribution in [3.63, 3.8) is 0 Å². The third kappa shape index (κ3) is 13.4. The van der Waals surface area contributed by atoms with E-state index in [4.69, 9.17) is 18.9 Å². The number of phosphoric ester groups is 1. The predicted molar refractivity (Wildman–Crippen MR) is 135 cm³/mol. The van der Waals surface area contributed by atoms with Gasteiger partial charge in [0.2, 0.25) is 6.23 Å². The van der Waals surface area contributed by atoms with E-state index in [0.717, 1.165) is 37.9 Å². The molecule has 3 atom stereocenters. The number of likely N-dealkylation sites (N-methyl/N-ethyl adjacent to an activating group) is 1. The Bertz CT molecular complexity index is 801. The fourth-order valence-electron chi connectivity index (χ4n) is 3.40. The van der Waals surface area contributed by atoms with E-state index in [1.165, 1.54) is 5.56 Å². The number of carbonyl (C=O) groups is 1. The second-order valence-corrected chi connectivity index (χ2v) is 12.2. The van der Waals surface area contributed by atoms with Crippen molar-refractivity contribution in [3.05, 3.63) is 29.8 Å². The number of nitrogens with zero attached hydrogens (tertiary/aromatic N) is 1. The molecular weight excluding hydrogens is 473 g/mol. The number of quaternary nitrogens is 1. The molecule has 0 radical (unpaired) electrons. The van der Waals surface area contributed by atoms with E-state index in [1.807, 2.05) is 12.1 Å². The Morgan fingerprint density at radius 2 is 1.49 bits per heavy atom. The summed E-state index contributed by atoms with van der Waals surface area (Å²) in [6.07, 6.45) is 2.08. The maximum absolute atomic E-state index is 12.2. The van der Waals surface area contributed by atoms with Gasteiger partial charge in [-0.1, -0.05) is 58.6 Å². The van der Waals surface area contributed by atoms with Gasteiger partial charge in [0.05, 0.1) is 40.8 Å². The Kier molecular flexibility index (Phi) is 12.9. The van der Waals surface area contributed by atoms with Gasteiger partial charge in [0.15, 0.2) is 6.10 Å². The van der Waals surface area contributed by atoms with Gasteiger partial charge in [-0.25, -0.2) is 4.57 Å². The van der Waals surface area contributed by atoms with Gasteiger partial charge in [-0.3, -0.25) is 13.8 Å². The molecule has 0 spiro atoms. The van der Waals surface area contributed by atoms with Crippen LogP contribution in [-0.2, 0) is 23.8 Å². The Morgan fingerprint density at radius 1 is 0.971 bits per heavy atom. The molecular formula is C25H45NO8P+. The number of carboxylic acids is 1. The predicted octanol–water partition coefficient (Wildman–Crippen LogP) is 4.71. The lowest BCUT2D eigenvalue weighted by Gasteiger charge is -2.34. The molecule has 0 fully saturated rings. The van der Waals surface area contributed by atoms with Crippen LogP contribution in [0.1, 0.15) is 71.3 Å². The molecule has 35 heavy (non-hydrogen) atoms. The standard InChI is InChI=1S/C25H44NO8P/c1-25(2,3)20-13-15-21(16-14-20)32-17-11-9-7-8-10-12-18-33-35(30,31)34-22(19-23(27)28)24(29)26(4,5)6/h13-16,22,24,29H,7-12,17-19H2,1-6H3,(H-,27,28,30,31)/p+1/t22-,24?/m1/s1. The largest absolute Gasteiger partial charge is 0.494 e. The lowest BCUT2D eigenvalue weighted by Crippen LogP contribution is -2.52. The molecule has 1 aromatic rings. The fourth-order valence-corrected chi connectivity index (χ4v) is 4.35. The summed E-state index contributed by atoms with van der Waals surface area (Å²) in [5.41, 5.74) is 1.40. The van der Waals surface area contributed by atoms with Gasteiger partial charge >= 0.3 is 13.8 Å². The van der Waals surface area contributed by atoms with Crippen LogP contribution in [0.2, 0.25) is 0 Å². The molecule has 0 heterocycles. The molecule has 10 heteroatoms. The van der Waals surface area contributed by atoms with Gasteiger partial charge in [0.25, 0.3) is 0 Å². The topological polar surface area (TPSA) is 123 Å². The molecule has 3 N–H and O–H groups in total. The maximum Gasteiger partial charge on any atom is 0.472 e. The highest BCUT2D eigenvalue weighted by Crippen LogP contribution is 2.46. The van der Waals surface area contributed by atoms with Gasteiger partial charge < -0.3 is 24.3 Å². The zero-order chi connectivity index (χ0) is 26.7. The zero-order valence-electron chi connectivity index (χ0n) is 22.1. The van der Waals surface area contributed by atoms with E-state index in [-0.39, 0.29) is 16.5 Å². The van der Waals surface area contributed by atoms with Crippen LogP contribution in [-0.4, -0.2) is 72.2 Å².